The molecule has 2 fully saturated rings. The molecule has 0 radical (unpaired) electrons. The van der Waals surface area contributed by atoms with Gasteiger partial charge in [0.1, 0.15) is 6.54 Å². The van der Waals surface area contributed by atoms with E-state index in [1.807, 2.05) is 6.07 Å². The maximum absolute atomic E-state index is 11.9. The van der Waals surface area contributed by atoms with Crippen LogP contribution in [0.3, 0.4) is 0 Å². The van der Waals surface area contributed by atoms with Gasteiger partial charge in [0.15, 0.2) is 0 Å². The number of nitrogens with one attached hydrogen (secondary N) is 1. The third-order valence-electron chi connectivity index (χ3n) is 4.68. The smallest absolute Gasteiger partial charge is 0.235 e. The van der Waals surface area contributed by atoms with Crippen molar-refractivity contribution in [1.82, 2.24) is 10.2 Å². The zero-order valence-electron chi connectivity index (χ0n) is 13.0. The fraction of sp³-hybridized carbons (Fsp3) is 0.875. The average molecular weight is 293 g/mol. The van der Waals surface area contributed by atoms with Crippen LogP contribution in [0.4, 0.5) is 0 Å². The Morgan fingerprint density at radius 3 is 2.71 bits per heavy atom. The maximum atomic E-state index is 11.9. The van der Waals surface area contributed by atoms with Crippen molar-refractivity contribution in [3.63, 3.8) is 0 Å². The second-order valence-corrected chi connectivity index (χ2v) is 6.41. The van der Waals surface area contributed by atoms with Gasteiger partial charge in [-0.3, -0.25) is 9.69 Å². The van der Waals surface area contributed by atoms with Crippen LogP contribution in [0, 0.1) is 17.2 Å². The van der Waals surface area contributed by atoms with Gasteiger partial charge in [0.25, 0.3) is 0 Å². The van der Waals surface area contributed by atoms with Crippen LogP contribution < -0.4 is 5.32 Å². The molecule has 2 aliphatic rings. The largest absolute Gasteiger partial charge is 0.377 e. The van der Waals surface area contributed by atoms with Crippen LogP contribution in [0.25, 0.3) is 0 Å². The first-order valence-corrected chi connectivity index (χ1v) is 8.18. The molecule has 5 nitrogen and oxygen atoms in total. The molecule has 1 aliphatic carbocycles. The van der Waals surface area contributed by atoms with Crippen LogP contribution in [0.5, 0.6) is 0 Å². The highest BCUT2D eigenvalue weighted by Crippen LogP contribution is 2.28. The third kappa shape index (κ3) is 5.29. The first-order chi connectivity index (χ1) is 10.2. The minimum absolute atomic E-state index is 0.0480. The van der Waals surface area contributed by atoms with Crippen molar-refractivity contribution < 1.29 is 9.53 Å². The lowest BCUT2D eigenvalue weighted by Gasteiger charge is -2.36. The molecule has 1 saturated heterocycles. The van der Waals surface area contributed by atoms with E-state index in [0.29, 0.717) is 12.6 Å². The van der Waals surface area contributed by atoms with Crippen LogP contribution in [0.2, 0.25) is 0 Å². The molecule has 1 unspecified atom stereocenters. The number of hydrogen-bond acceptors (Lipinski definition) is 4. The highest BCUT2D eigenvalue weighted by atomic mass is 16.5. The monoisotopic (exact) mass is 293 g/mol. The second kappa shape index (κ2) is 8.35. The van der Waals surface area contributed by atoms with Crippen LogP contribution in [0.1, 0.15) is 45.4 Å². The highest BCUT2D eigenvalue weighted by molar-refractivity contribution is 5.78. The summed E-state index contributed by atoms with van der Waals surface area (Å²) >= 11 is 0. The molecule has 0 bridgehead atoms. The van der Waals surface area contributed by atoms with E-state index in [2.05, 4.69) is 17.1 Å². The van der Waals surface area contributed by atoms with E-state index < -0.39 is 0 Å². The van der Waals surface area contributed by atoms with Crippen molar-refractivity contribution in [3.8, 4) is 6.07 Å². The minimum Gasteiger partial charge on any atom is -0.377 e. The SMILES string of the molecule is CC1CCC(N(CC(=O)NCC#N)CC2CCCO2)CC1. The number of carbonyl (C=O) groups is 1. The molecule has 5 heteroatoms. The van der Waals surface area contributed by atoms with Crippen LogP contribution in [0.15, 0.2) is 0 Å². The first-order valence-electron chi connectivity index (χ1n) is 8.18. The van der Waals surface area contributed by atoms with Gasteiger partial charge in [-0.15, -0.1) is 0 Å². The number of rotatable bonds is 6. The van der Waals surface area contributed by atoms with Gasteiger partial charge in [-0.25, -0.2) is 0 Å². The van der Waals surface area contributed by atoms with Crippen molar-refractivity contribution in [2.75, 3.05) is 26.2 Å². The Labute approximate surface area is 127 Å². The standard InChI is InChI=1S/C16H27N3O2/c1-13-4-6-14(7-5-13)19(11-15-3-2-10-21-15)12-16(20)18-9-8-17/h13-15H,2-7,9-12H2,1H3,(H,18,20). The van der Waals surface area contributed by atoms with E-state index in [-0.39, 0.29) is 18.6 Å². The van der Waals surface area contributed by atoms with Crippen molar-refractivity contribution in [2.24, 2.45) is 5.92 Å². The molecule has 118 valence electrons. The summed E-state index contributed by atoms with van der Waals surface area (Å²) in [6.07, 6.45) is 7.31. The van der Waals surface area contributed by atoms with Crippen molar-refractivity contribution >= 4 is 5.91 Å². The molecule has 21 heavy (non-hydrogen) atoms. The summed E-state index contributed by atoms with van der Waals surface area (Å²) in [7, 11) is 0. The van der Waals surface area contributed by atoms with Crippen molar-refractivity contribution in [3.05, 3.63) is 0 Å². The average Bonchev–Trinajstić information content (AvgIpc) is 2.98. The lowest BCUT2D eigenvalue weighted by molar-refractivity contribution is -0.123. The summed E-state index contributed by atoms with van der Waals surface area (Å²) in [5.41, 5.74) is 0. The summed E-state index contributed by atoms with van der Waals surface area (Å²) in [5.74, 6) is 0.756. The molecule has 1 N–H and O–H groups in total. The van der Waals surface area contributed by atoms with Crippen LogP contribution in [-0.2, 0) is 9.53 Å². The molecule has 1 saturated carbocycles. The maximum Gasteiger partial charge on any atom is 0.235 e. The Balaban J connectivity index is 1.89. The molecule has 0 aromatic carbocycles. The molecule has 1 amide bonds. The summed E-state index contributed by atoms with van der Waals surface area (Å²) in [6.45, 7) is 4.48. The van der Waals surface area contributed by atoms with Gasteiger partial charge in [-0.2, -0.15) is 5.26 Å². The van der Waals surface area contributed by atoms with E-state index in [9.17, 15) is 4.79 Å². The van der Waals surface area contributed by atoms with Crippen molar-refractivity contribution in [2.45, 2.75) is 57.6 Å². The summed E-state index contributed by atoms with van der Waals surface area (Å²) in [5, 5.41) is 11.2. The Morgan fingerprint density at radius 2 is 2.10 bits per heavy atom. The summed E-state index contributed by atoms with van der Waals surface area (Å²) < 4.78 is 5.73. The Bertz CT molecular complexity index is 366. The summed E-state index contributed by atoms with van der Waals surface area (Å²) in [6, 6.07) is 2.44. The predicted octanol–water partition coefficient (Wildman–Crippen LogP) is 1.69. The predicted molar refractivity (Wildman–Crippen MR) is 80.6 cm³/mol. The highest BCUT2D eigenvalue weighted by Gasteiger charge is 2.28. The molecule has 2 rings (SSSR count). The normalized spacial score (nSPS) is 29.3. The topological polar surface area (TPSA) is 65.4 Å². The van der Waals surface area contributed by atoms with Crippen molar-refractivity contribution in [1.29, 1.82) is 5.26 Å². The van der Waals surface area contributed by atoms with Gasteiger partial charge >= 0.3 is 0 Å². The zero-order valence-corrected chi connectivity index (χ0v) is 13.0. The quantitative estimate of drug-likeness (QED) is 0.757. The van der Waals surface area contributed by atoms with E-state index in [0.717, 1.165) is 31.9 Å². The number of ether oxygens (including phenoxy) is 1. The fourth-order valence-electron chi connectivity index (χ4n) is 3.38. The molecular formula is C16H27N3O2. The van der Waals surface area contributed by atoms with Gasteiger partial charge in [-0.1, -0.05) is 6.92 Å². The van der Waals surface area contributed by atoms with Gasteiger partial charge in [-0.05, 0) is 44.4 Å². The molecular weight excluding hydrogens is 266 g/mol. The summed E-state index contributed by atoms with van der Waals surface area (Å²) in [4.78, 5) is 14.2. The van der Waals surface area contributed by atoms with Gasteiger partial charge < -0.3 is 10.1 Å². The molecule has 0 spiro atoms. The number of nitriles is 1. The van der Waals surface area contributed by atoms with Gasteiger partial charge in [0.2, 0.25) is 5.91 Å². The minimum atomic E-state index is -0.0480. The van der Waals surface area contributed by atoms with Crippen LogP contribution in [-0.4, -0.2) is 49.2 Å². The lowest BCUT2D eigenvalue weighted by Crippen LogP contribution is -2.47. The number of amides is 1. The Morgan fingerprint density at radius 1 is 1.33 bits per heavy atom. The molecule has 1 heterocycles. The van der Waals surface area contributed by atoms with E-state index in [1.54, 1.807) is 0 Å². The lowest BCUT2D eigenvalue weighted by atomic mass is 9.86. The number of hydrogen-bond donors (Lipinski definition) is 1. The first kappa shape index (κ1) is 16.3. The zero-order chi connectivity index (χ0) is 15.1. The molecule has 0 aromatic heterocycles. The van der Waals surface area contributed by atoms with Gasteiger partial charge in [0, 0.05) is 19.2 Å². The molecule has 1 aliphatic heterocycles. The third-order valence-corrected chi connectivity index (χ3v) is 4.68. The number of nitrogens with zero attached hydrogens (tertiary/aromatic N) is 2. The van der Waals surface area contributed by atoms with E-state index >= 15 is 0 Å². The van der Waals surface area contributed by atoms with E-state index in [1.165, 1.54) is 25.7 Å². The van der Waals surface area contributed by atoms with E-state index in [4.69, 9.17) is 10.00 Å². The number of carbonyl (C=O) groups excluding carboxylic acids is 1. The fourth-order valence-corrected chi connectivity index (χ4v) is 3.38. The Hall–Kier alpha value is -1.12. The van der Waals surface area contributed by atoms with Crippen LogP contribution >= 0.6 is 0 Å². The molecule has 1 atom stereocenters. The van der Waals surface area contributed by atoms with Gasteiger partial charge in [0.05, 0.1) is 18.7 Å². The molecule has 0 aromatic rings. The Kier molecular flexibility index (Phi) is 6.47. The second-order valence-electron chi connectivity index (χ2n) is 6.41.